The lowest BCUT2D eigenvalue weighted by Gasteiger charge is -2.34. The number of hydrogen-bond acceptors (Lipinski definition) is 4. The van der Waals surface area contributed by atoms with Gasteiger partial charge in [0.2, 0.25) is 0 Å². The third kappa shape index (κ3) is 2.85. The van der Waals surface area contributed by atoms with E-state index in [0.29, 0.717) is 5.82 Å². The summed E-state index contributed by atoms with van der Waals surface area (Å²) in [6.07, 6.45) is 3.05. The summed E-state index contributed by atoms with van der Waals surface area (Å²) in [7, 11) is 0. The van der Waals surface area contributed by atoms with Crippen LogP contribution in [0.5, 0.6) is 0 Å². The Kier molecular flexibility index (Phi) is 4.13. The summed E-state index contributed by atoms with van der Waals surface area (Å²) in [4.78, 5) is 20.2. The Hall–Kier alpha value is -2.47. The van der Waals surface area contributed by atoms with Crippen LogP contribution >= 0.6 is 11.3 Å². The van der Waals surface area contributed by atoms with E-state index in [1.165, 1.54) is 11.3 Å². The van der Waals surface area contributed by atoms with E-state index in [4.69, 9.17) is 0 Å². The summed E-state index contributed by atoms with van der Waals surface area (Å²) in [6, 6.07) is 13.7. The van der Waals surface area contributed by atoms with Crippen molar-refractivity contribution >= 4 is 17.2 Å². The molecular weight excluding hydrogens is 320 g/mol. The van der Waals surface area contributed by atoms with Crippen LogP contribution in [0.2, 0.25) is 0 Å². The van der Waals surface area contributed by atoms with Crippen LogP contribution in [0, 0.1) is 0 Å². The molecule has 0 radical (unpaired) electrons. The maximum absolute atomic E-state index is 12.8. The van der Waals surface area contributed by atoms with E-state index in [0.717, 1.165) is 42.1 Å². The predicted molar refractivity (Wildman–Crippen MR) is 93.8 cm³/mol. The van der Waals surface area contributed by atoms with Crippen molar-refractivity contribution in [1.82, 2.24) is 20.1 Å². The Morgan fingerprint density at radius 3 is 2.83 bits per heavy atom. The second kappa shape index (κ2) is 6.57. The molecule has 0 spiro atoms. The minimum atomic E-state index is -0.0293. The van der Waals surface area contributed by atoms with E-state index in [1.54, 1.807) is 0 Å². The van der Waals surface area contributed by atoms with Crippen molar-refractivity contribution in [2.75, 3.05) is 6.54 Å². The first-order valence-electron chi connectivity index (χ1n) is 8.15. The largest absolute Gasteiger partial charge is 0.328 e. The molecule has 2 aromatic heterocycles. The van der Waals surface area contributed by atoms with Crippen molar-refractivity contribution in [3.05, 3.63) is 58.5 Å². The smallest absolute Gasteiger partial charge is 0.264 e. The van der Waals surface area contributed by atoms with E-state index < -0.39 is 0 Å². The zero-order chi connectivity index (χ0) is 16.4. The van der Waals surface area contributed by atoms with E-state index in [1.807, 2.05) is 52.7 Å². The van der Waals surface area contributed by atoms with Gasteiger partial charge in [-0.15, -0.1) is 11.3 Å². The van der Waals surface area contributed by atoms with Gasteiger partial charge < -0.3 is 4.90 Å². The van der Waals surface area contributed by atoms with Gasteiger partial charge in [0.25, 0.3) is 5.91 Å². The number of aromatic amines is 1. The van der Waals surface area contributed by atoms with Gasteiger partial charge in [0.1, 0.15) is 5.82 Å². The fourth-order valence-electron chi connectivity index (χ4n) is 3.14. The SMILES string of the molecule is O=C(c1cccs1)N1CCCCC1c1nc(-c2ccccc2)n[nH]1. The lowest BCUT2D eigenvalue weighted by molar-refractivity contribution is 0.0605. The molecule has 0 bridgehead atoms. The second-order valence-electron chi connectivity index (χ2n) is 5.90. The number of thiophene rings is 1. The summed E-state index contributed by atoms with van der Waals surface area (Å²) in [6.45, 7) is 0.767. The van der Waals surface area contributed by atoms with Crippen molar-refractivity contribution < 1.29 is 4.79 Å². The summed E-state index contributed by atoms with van der Waals surface area (Å²) in [5.74, 6) is 1.55. The highest BCUT2D eigenvalue weighted by Crippen LogP contribution is 2.31. The van der Waals surface area contributed by atoms with Crippen molar-refractivity contribution in [2.24, 2.45) is 0 Å². The van der Waals surface area contributed by atoms with E-state index in [-0.39, 0.29) is 11.9 Å². The first kappa shape index (κ1) is 15.1. The summed E-state index contributed by atoms with van der Waals surface area (Å²) in [5, 5.41) is 9.34. The van der Waals surface area contributed by atoms with Crippen LogP contribution in [0.4, 0.5) is 0 Å². The number of carbonyl (C=O) groups excluding carboxylic acids is 1. The first-order valence-corrected chi connectivity index (χ1v) is 9.03. The van der Waals surface area contributed by atoms with Crippen LogP contribution in [-0.2, 0) is 0 Å². The van der Waals surface area contributed by atoms with E-state index in [9.17, 15) is 4.79 Å². The average molecular weight is 338 g/mol. The van der Waals surface area contributed by atoms with Gasteiger partial charge in [-0.3, -0.25) is 9.89 Å². The molecule has 3 aromatic rings. The van der Waals surface area contributed by atoms with Crippen LogP contribution in [0.15, 0.2) is 47.8 Å². The molecule has 1 aromatic carbocycles. The number of piperidine rings is 1. The number of hydrogen-bond donors (Lipinski definition) is 1. The number of rotatable bonds is 3. The van der Waals surface area contributed by atoms with Crippen LogP contribution in [-0.4, -0.2) is 32.5 Å². The molecule has 1 fully saturated rings. The maximum atomic E-state index is 12.8. The molecule has 1 atom stereocenters. The van der Waals surface area contributed by atoms with Crippen LogP contribution in [0.25, 0.3) is 11.4 Å². The monoisotopic (exact) mass is 338 g/mol. The predicted octanol–water partition coefficient (Wildman–Crippen LogP) is 3.90. The molecule has 0 saturated carbocycles. The molecular formula is C18H18N4OS. The maximum Gasteiger partial charge on any atom is 0.264 e. The molecule has 24 heavy (non-hydrogen) atoms. The quantitative estimate of drug-likeness (QED) is 0.788. The highest BCUT2D eigenvalue weighted by molar-refractivity contribution is 7.12. The standard InChI is InChI=1S/C18H18N4OS/c23-18(15-10-6-12-24-15)22-11-5-4-9-14(22)17-19-16(20-21-17)13-7-2-1-3-8-13/h1-3,6-8,10,12,14H,4-5,9,11H2,(H,19,20,21). The van der Waals surface area contributed by atoms with Gasteiger partial charge in [0.15, 0.2) is 5.82 Å². The molecule has 0 aliphatic carbocycles. The Morgan fingerprint density at radius 2 is 2.04 bits per heavy atom. The lowest BCUT2D eigenvalue weighted by Crippen LogP contribution is -2.38. The van der Waals surface area contributed by atoms with Crippen molar-refractivity contribution in [1.29, 1.82) is 0 Å². The molecule has 1 aliphatic rings. The van der Waals surface area contributed by atoms with Gasteiger partial charge in [-0.1, -0.05) is 36.4 Å². The molecule has 1 saturated heterocycles. The number of carbonyl (C=O) groups is 1. The number of aromatic nitrogens is 3. The van der Waals surface area contributed by atoms with Crippen molar-refractivity contribution in [3.8, 4) is 11.4 Å². The topological polar surface area (TPSA) is 61.9 Å². The van der Waals surface area contributed by atoms with Crippen molar-refractivity contribution in [3.63, 3.8) is 0 Å². The van der Waals surface area contributed by atoms with Gasteiger partial charge >= 0.3 is 0 Å². The number of nitrogens with one attached hydrogen (secondary N) is 1. The molecule has 1 N–H and O–H groups in total. The summed E-state index contributed by atoms with van der Waals surface area (Å²) in [5.41, 5.74) is 0.979. The second-order valence-corrected chi connectivity index (χ2v) is 6.85. The molecule has 4 rings (SSSR count). The number of amides is 1. The van der Waals surface area contributed by atoms with E-state index >= 15 is 0 Å². The minimum Gasteiger partial charge on any atom is -0.328 e. The minimum absolute atomic E-state index is 0.0293. The Balaban J connectivity index is 1.62. The zero-order valence-electron chi connectivity index (χ0n) is 13.2. The number of benzene rings is 1. The Labute approximate surface area is 144 Å². The van der Waals surface area contributed by atoms with Gasteiger partial charge in [0, 0.05) is 12.1 Å². The highest BCUT2D eigenvalue weighted by atomic mass is 32.1. The number of likely N-dealkylation sites (tertiary alicyclic amines) is 1. The molecule has 6 heteroatoms. The van der Waals surface area contributed by atoms with Gasteiger partial charge in [-0.25, -0.2) is 4.98 Å². The molecule has 122 valence electrons. The normalized spacial score (nSPS) is 17.8. The Morgan fingerprint density at radius 1 is 1.17 bits per heavy atom. The molecule has 5 nitrogen and oxygen atoms in total. The summed E-state index contributed by atoms with van der Waals surface area (Å²) >= 11 is 1.49. The average Bonchev–Trinajstić information content (AvgIpc) is 3.34. The third-order valence-electron chi connectivity index (χ3n) is 4.35. The molecule has 1 amide bonds. The van der Waals surface area contributed by atoms with Crippen molar-refractivity contribution in [2.45, 2.75) is 25.3 Å². The summed E-state index contributed by atoms with van der Waals surface area (Å²) < 4.78 is 0. The Bertz CT molecular complexity index is 813. The molecule has 1 aliphatic heterocycles. The zero-order valence-corrected chi connectivity index (χ0v) is 14.0. The fraction of sp³-hybridized carbons (Fsp3) is 0.278. The van der Waals surface area contributed by atoms with Crippen LogP contribution in [0.1, 0.15) is 40.8 Å². The third-order valence-corrected chi connectivity index (χ3v) is 5.20. The fourth-order valence-corrected chi connectivity index (χ4v) is 3.82. The lowest BCUT2D eigenvalue weighted by atomic mass is 10.0. The van der Waals surface area contributed by atoms with Gasteiger partial charge in [-0.05, 0) is 30.7 Å². The molecule has 3 heterocycles. The highest BCUT2D eigenvalue weighted by Gasteiger charge is 2.31. The number of H-pyrrole nitrogens is 1. The molecule has 1 unspecified atom stereocenters. The van der Waals surface area contributed by atoms with Crippen LogP contribution in [0.3, 0.4) is 0 Å². The van der Waals surface area contributed by atoms with E-state index in [2.05, 4.69) is 15.2 Å². The van der Waals surface area contributed by atoms with Crippen LogP contribution < -0.4 is 0 Å². The van der Waals surface area contributed by atoms with Gasteiger partial charge in [0.05, 0.1) is 10.9 Å². The number of nitrogens with zero attached hydrogens (tertiary/aromatic N) is 3. The first-order chi connectivity index (χ1) is 11.8. The van der Waals surface area contributed by atoms with Gasteiger partial charge in [-0.2, -0.15) is 5.10 Å².